The Kier molecular flexibility index (Phi) is 2.44. The maximum Gasteiger partial charge on any atom is 0.170 e. The summed E-state index contributed by atoms with van der Waals surface area (Å²) in [7, 11) is 0. The zero-order valence-corrected chi connectivity index (χ0v) is 8.39. The minimum Gasteiger partial charge on any atom is -0.469 e. The van der Waals surface area contributed by atoms with Gasteiger partial charge in [-0.3, -0.25) is 4.79 Å². The van der Waals surface area contributed by atoms with E-state index in [1.54, 1.807) is 12.3 Å². The van der Waals surface area contributed by atoms with E-state index in [4.69, 9.17) is 4.42 Å². The molecule has 1 atom stereocenters. The summed E-state index contributed by atoms with van der Waals surface area (Å²) < 4.78 is 5.12. The quantitative estimate of drug-likeness (QED) is 0.681. The maximum absolute atomic E-state index is 11.9. The normalized spacial score (nSPS) is 22.1. The van der Waals surface area contributed by atoms with Gasteiger partial charge in [-0.25, -0.2) is 0 Å². The van der Waals surface area contributed by atoms with Crippen molar-refractivity contribution >= 4 is 17.5 Å². The minimum absolute atomic E-state index is 0.223. The van der Waals surface area contributed by atoms with E-state index in [1.807, 2.05) is 18.7 Å². The fraction of sp³-hybridized carbons (Fsp3) is 0.500. The highest BCUT2D eigenvalue weighted by Crippen LogP contribution is 2.27. The molecule has 1 aromatic heterocycles. The number of furan rings is 1. The Morgan fingerprint density at radius 1 is 1.69 bits per heavy atom. The summed E-state index contributed by atoms with van der Waals surface area (Å²) in [4.78, 5) is 11.9. The fourth-order valence-corrected chi connectivity index (χ4v) is 2.82. The van der Waals surface area contributed by atoms with Crippen LogP contribution >= 0.6 is 11.8 Å². The Labute approximate surface area is 81.7 Å². The molecule has 1 aliphatic rings. The summed E-state index contributed by atoms with van der Waals surface area (Å²) in [5.74, 6) is 3.33. The summed E-state index contributed by atoms with van der Waals surface area (Å²) in [6.07, 6.45) is 2.61. The van der Waals surface area contributed by atoms with E-state index in [9.17, 15) is 4.79 Å². The van der Waals surface area contributed by atoms with Gasteiger partial charge in [0.15, 0.2) is 5.78 Å². The Bertz CT molecular complexity index is 310. The van der Waals surface area contributed by atoms with Gasteiger partial charge in [0.1, 0.15) is 5.76 Å². The first-order valence-electron chi connectivity index (χ1n) is 4.45. The second-order valence-corrected chi connectivity index (χ2v) is 4.47. The van der Waals surface area contributed by atoms with Crippen LogP contribution in [0.5, 0.6) is 0 Å². The number of hydrogen-bond donors (Lipinski definition) is 0. The molecule has 0 aromatic carbocycles. The van der Waals surface area contributed by atoms with Crippen LogP contribution in [0.3, 0.4) is 0 Å². The highest BCUT2D eigenvalue weighted by molar-refractivity contribution is 7.99. The van der Waals surface area contributed by atoms with E-state index < -0.39 is 0 Å². The average Bonchev–Trinajstić information content (AvgIpc) is 2.72. The molecule has 1 aromatic rings. The second kappa shape index (κ2) is 3.58. The van der Waals surface area contributed by atoms with Crippen LogP contribution in [0, 0.1) is 12.8 Å². The van der Waals surface area contributed by atoms with E-state index in [-0.39, 0.29) is 11.7 Å². The average molecular weight is 196 g/mol. The van der Waals surface area contributed by atoms with Gasteiger partial charge in [0, 0.05) is 11.7 Å². The van der Waals surface area contributed by atoms with Crippen LogP contribution in [0.1, 0.15) is 22.5 Å². The van der Waals surface area contributed by atoms with Crippen molar-refractivity contribution in [3.05, 3.63) is 23.7 Å². The lowest BCUT2D eigenvalue weighted by Gasteiger charge is -2.04. The van der Waals surface area contributed by atoms with Crippen LogP contribution in [0.4, 0.5) is 0 Å². The summed E-state index contributed by atoms with van der Waals surface area (Å²) in [5, 5.41) is 0. The standard InChI is InChI=1S/C10H12O2S/c1-7-9(2-4-12-7)10(11)8-3-5-13-6-8/h2,4,8H,3,5-6H2,1H3. The zero-order valence-electron chi connectivity index (χ0n) is 7.58. The predicted molar refractivity (Wildman–Crippen MR) is 53.2 cm³/mol. The Hall–Kier alpha value is -0.700. The van der Waals surface area contributed by atoms with Crippen LogP contribution in [-0.4, -0.2) is 17.3 Å². The van der Waals surface area contributed by atoms with Gasteiger partial charge >= 0.3 is 0 Å². The molecule has 1 aliphatic heterocycles. The number of aryl methyl sites for hydroxylation is 1. The number of Topliss-reactive ketones (excluding diaryl/α,β-unsaturated/α-hetero) is 1. The smallest absolute Gasteiger partial charge is 0.170 e. The van der Waals surface area contributed by atoms with Gasteiger partial charge < -0.3 is 4.42 Å². The summed E-state index contributed by atoms with van der Waals surface area (Å²) in [6, 6.07) is 1.78. The molecule has 1 saturated heterocycles. The van der Waals surface area contributed by atoms with E-state index in [1.165, 1.54) is 0 Å². The molecular formula is C10H12O2S. The molecule has 0 amide bonds. The first-order chi connectivity index (χ1) is 6.29. The van der Waals surface area contributed by atoms with Gasteiger partial charge in [0.05, 0.1) is 11.8 Å². The number of thioether (sulfide) groups is 1. The molecule has 0 radical (unpaired) electrons. The topological polar surface area (TPSA) is 30.2 Å². The van der Waals surface area contributed by atoms with Crippen LogP contribution < -0.4 is 0 Å². The highest BCUT2D eigenvalue weighted by atomic mass is 32.2. The van der Waals surface area contributed by atoms with Gasteiger partial charge in [0.2, 0.25) is 0 Å². The van der Waals surface area contributed by atoms with Crippen LogP contribution in [0.2, 0.25) is 0 Å². The number of carbonyl (C=O) groups is 1. The Morgan fingerprint density at radius 3 is 3.08 bits per heavy atom. The molecule has 0 N–H and O–H groups in total. The number of rotatable bonds is 2. The molecular weight excluding hydrogens is 184 g/mol. The molecule has 0 spiro atoms. The third-order valence-corrected chi connectivity index (χ3v) is 3.59. The fourth-order valence-electron chi connectivity index (χ4n) is 1.60. The molecule has 0 bridgehead atoms. The molecule has 13 heavy (non-hydrogen) atoms. The van der Waals surface area contributed by atoms with Gasteiger partial charge in [-0.2, -0.15) is 11.8 Å². The van der Waals surface area contributed by atoms with Gasteiger partial charge in [-0.1, -0.05) is 0 Å². The molecule has 2 nitrogen and oxygen atoms in total. The van der Waals surface area contributed by atoms with Gasteiger partial charge in [0.25, 0.3) is 0 Å². The van der Waals surface area contributed by atoms with E-state index in [2.05, 4.69) is 0 Å². The number of carbonyl (C=O) groups excluding carboxylic acids is 1. The Morgan fingerprint density at radius 2 is 2.54 bits per heavy atom. The first kappa shape index (κ1) is 8.88. The lowest BCUT2D eigenvalue weighted by Crippen LogP contribution is -2.13. The minimum atomic E-state index is 0.223. The molecule has 0 aliphatic carbocycles. The molecule has 70 valence electrons. The van der Waals surface area contributed by atoms with E-state index in [0.717, 1.165) is 29.3 Å². The molecule has 3 heteroatoms. The van der Waals surface area contributed by atoms with E-state index in [0.29, 0.717) is 0 Å². The van der Waals surface area contributed by atoms with Crippen LogP contribution in [0.15, 0.2) is 16.7 Å². The Balaban J connectivity index is 2.17. The van der Waals surface area contributed by atoms with Crippen LogP contribution in [-0.2, 0) is 0 Å². The van der Waals surface area contributed by atoms with E-state index >= 15 is 0 Å². The lowest BCUT2D eigenvalue weighted by atomic mass is 9.98. The van der Waals surface area contributed by atoms with Gasteiger partial charge in [-0.05, 0) is 25.2 Å². The number of ketones is 1. The van der Waals surface area contributed by atoms with Crippen molar-refractivity contribution in [2.75, 3.05) is 11.5 Å². The maximum atomic E-state index is 11.9. The van der Waals surface area contributed by atoms with Crippen molar-refractivity contribution in [1.29, 1.82) is 0 Å². The van der Waals surface area contributed by atoms with Crippen molar-refractivity contribution in [2.45, 2.75) is 13.3 Å². The second-order valence-electron chi connectivity index (χ2n) is 3.32. The largest absolute Gasteiger partial charge is 0.469 e. The van der Waals surface area contributed by atoms with Crippen molar-refractivity contribution in [2.24, 2.45) is 5.92 Å². The van der Waals surface area contributed by atoms with Crippen molar-refractivity contribution in [3.63, 3.8) is 0 Å². The van der Waals surface area contributed by atoms with Gasteiger partial charge in [-0.15, -0.1) is 0 Å². The molecule has 2 heterocycles. The molecule has 2 rings (SSSR count). The zero-order chi connectivity index (χ0) is 9.26. The molecule has 1 unspecified atom stereocenters. The SMILES string of the molecule is Cc1occc1C(=O)C1CCSC1. The summed E-state index contributed by atoms with van der Waals surface area (Å²) >= 11 is 1.86. The van der Waals surface area contributed by atoms with Crippen molar-refractivity contribution in [1.82, 2.24) is 0 Å². The highest BCUT2D eigenvalue weighted by Gasteiger charge is 2.25. The number of hydrogen-bond acceptors (Lipinski definition) is 3. The predicted octanol–water partition coefficient (Wildman–Crippen LogP) is 2.52. The first-order valence-corrected chi connectivity index (χ1v) is 5.60. The third kappa shape index (κ3) is 1.66. The third-order valence-electron chi connectivity index (χ3n) is 2.42. The molecule has 0 saturated carbocycles. The van der Waals surface area contributed by atoms with Crippen molar-refractivity contribution in [3.8, 4) is 0 Å². The summed E-state index contributed by atoms with van der Waals surface area (Å²) in [5.41, 5.74) is 0.771. The molecule has 1 fully saturated rings. The monoisotopic (exact) mass is 196 g/mol. The lowest BCUT2D eigenvalue weighted by molar-refractivity contribution is 0.0932. The van der Waals surface area contributed by atoms with Crippen LogP contribution in [0.25, 0.3) is 0 Å². The summed E-state index contributed by atoms with van der Waals surface area (Å²) in [6.45, 7) is 1.84. The van der Waals surface area contributed by atoms with Crippen molar-refractivity contribution < 1.29 is 9.21 Å².